The van der Waals surface area contributed by atoms with Gasteiger partial charge in [0.2, 0.25) is 11.8 Å². The van der Waals surface area contributed by atoms with Crippen LogP contribution >= 0.6 is 11.3 Å². The maximum absolute atomic E-state index is 12.2. The summed E-state index contributed by atoms with van der Waals surface area (Å²) in [4.78, 5) is 25.5. The number of hydrogen-bond donors (Lipinski definition) is 1. The van der Waals surface area contributed by atoms with Gasteiger partial charge in [-0.1, -0.05) is 6.07 Å². The van der Waals surface area contributed by atoms with Crippen molar-refractivity contribution in [3.63, 3.8) is 0 Å². The predicted octanol–water partition coefficient (Wildman–Crippen LogP) is 2.53. The standard InChI is InChI=1S/C16H18N2O2S/c1-11(18-7-2-3-15(18)19)16(20)17-10-12-4-5-14-13(9-12)6-8-21-14/h4-6,8-9,11H,2-3,7,10H2,1H3,(H,17,20)/t11-/m0/s1. The van der Waals surface area contributed by atoms with E-state index in [0.29, 0.717) is 19.5 Å². The summed E-state index contributed by atoms with van der Waals surface area (Å²) in [6.07, 6.45) is 1.41. The molecule has 110 valence electrons. The number of benzene rings is 1. The van der Waals surface area contributed by atoms with Crippen LogP contribution in [0.25, 0.3) is 10.1 Å². The molecule has 0 spiro atoms. The first-order valence-corrected chi connectivity index (χ1v) is 8.06. The number of fused-ring (bicyclic) bond motifs is 1. The van der Waals surface area contributed by atoms with Crippen LogP contribution in [0.4, 0.5) is 0 Å². The van der Waals surface area contributed by atoms with E-state index in [1.54, 1.807) is 23.2 Å². The van der Waals surface area contributed by atoms with Gasteiger partial charge in [-0.05, 0) is 47.9 Å². The average Bonchev–Trinajstić information content (AvgIpc) is 3.11. The molecule has 1 atom stereocenters. The van der Waals surface area contributed by atoms with Crippen molar-refractivity contribution in [3.8, 4) is 0 Å². The number of hydrogen-bond acceptors (Lipinski definition) is 3. The number of carbonyl (C=O) groups is 2. The maximum atomic E-state index is 12.2. The Balaban J connectivity index is 1.61. The van der Waals surface area contributed by atoms with E-state index in [9.17, 15) is 9.59 Å². The number of amides is 2. The summed E-state index contributed by atoms with van der Waals surface area (Å²) in [6, 6.07) is 7.90. The van der Waals surface area contributed by atoms with Gasteiger partial charge in [-0.25, -0.2) is 0 Å². The van der Waals surface area contributed by atoms with Gasteiger partial charge in [0.1, 0.15) is 6.04 Å². The lowest BCUT2D eigenvalue weighted by Crippen LogP contribution is -2.45. The summed E-state index contributed by atoms with van der Waals surface area (Å²) in [5.41, 5.74) is 1.08. The van der Waals surface area contributed by atoms with Crippen LogP contribution in [0.1, 0.15) is 25.3 Å². The van der Waals surface area contributed by atoms with Crippen molar-refractivity contribution in [2.24, 2.45) is 0 Å². The van der Waals surface area contributed by atoms with Gasteiger partial charge in [-0.15, -0.1) is 11.3 Å². The largest absolute Gasteiger partial charge is 0.350 e. The van der Waals surface area contributed by atoms with Crippen LogP contribution in [0.2, 0.25) is 0 Å². The minimum Gasteiger partial charge on any atom is -0.350 e. The first-order chi connectivity index (χ1) is 10.1. The monoisotopic (exact) mass is 302 g/mol. The van der Waals surface area contributed by atoms with Crippen molar-refractivity contribution >= 4 is 33.2 Å². The normalized spacial score (nSPS) is 16.4. The van der Waals surface area contributed by atoms with Crippen molar-refractivity contribution < 1.29 is 9.59 Å². The van der Waals surface area contributed by atoms with Gasteiger partial charge in [0, 0.05) is 24.2 Å². The molecule has 1 N–H and O–H groups in total. The number of nitrogens with one attached hydrogen (secondary N) is 1. The van der Waals surface area contributed by atoms with Gasteiger partial charge in [0.05, 0.1) is 0 Å². The van der Waals surface area contributed by atoms with Crippen molar-refractivity contribution in [1.82, 2.24) is 10.2 Å². The molecule has 4 nitrogen and oxygen atoms in total. The zero-order chi connectivity index (χ0) is 14.8. The molecule has 1 saturated heterocycles. The quantitative estimate of drug-likeness (QED) is 0.943. The third-order valence-corrected chi connectivity index (χ3v) is 4.84. The zero-order valence-corrected chi connectivity index (χ0v) is 12.8. The third kappa shape index (κ3) is 2.93. The molecule has 1 fully saturated rings. The Morgan fingerprint density at radius 3 is 3.05 bits per heavy atom. The second-order valence-corrected chi connectivity index (χ2v) is 6.32. The highest BCUT2D eigenvalue weighted by Crippen LogP contribution is 2.21. The number of rotatable bonds is 4. The smallest absolute Gasteiger partial charge is 0.242 e. The molecule has 0 bridgehead atoms. The van der Waals surface area contributed by atoms with Crippen LogP contribution in [-0.2, 0) is 16.1 Å². The molecule has 1 aliphatic rings. The van der Waals surface area contributed by atoms with Crippen molar-refractivity contribution in [2.75, 3.05) is 6.54 Å². The van der Waals surface area contributed by atoms with E-state index >= 15 is 0 Å². The van der Waals surface area contributed by atoms with Crippen LogP contribution in [0.3, 0.4) is 0 Å². The summed E-state index contributed by atoms with van der Waals surface area (Å²) < 4.78 is 1.25. The summed E-state index contributed by atoms with van der Waals surface area (Å²) in [6.45, 7) is 2.98. The summed E-state index contributed by atoms with van der Waals surface area (Å²) in [5, 5.41) is 6.19. The van der Waals surface area contributed by atoms with E-state index in [4.69, 9.17) is 0 Å². The van der Waals surface area contributed by atoms with Gasteiger partial charge in [-0.2, -0.15) is 0 Å². The molecule has 2 aromatic rings. The lowest BCUT2D eigenvalue weighted by atomic mass is 10.1. The molecule has 0 unspecified atom stereocenters. The van der Waals surface area contributed by atoms with E-state index in [0.717, 1.165) is 12.0 Å². The van der Waals surface area contributed by atoms with Gasteiger partial charge in [0.15, 0.2) is 0 Å². The van der Waals surface area contributed by atoms with E-state index in [1.165, 1.54) is 10.1 Å². The Morgan fingerprint density at radius 1 is 1.43 bits per heavy atom. The Morgan fingerprint density at radius 2 is 2.29 bits per heavy atom. The summed E-state index contributed by atoms with van der Waals surface area (Å²) >= 11 is 1.71. The Kier molecular flexibility index (Phi) is 3.92. The van der Waals surface area contributed by atoms with Crippen molar-refractivity contribution in [1.29, 1.82) is 0 Å². The van der Waals surface area contributed by atoms with Crippen LogP contribution in [-0.4, -0.2) is 29.3 Å². The molecule has 1 aromatic carbocycles. The van der Waals surface area contributed by atoms with E-state index in [2.05, 4.69) is 28.9 Å². The van der Waals surface area contributed by atoms with E-state index < -0.39 is 0 Å². The van der Waals surface area contributed by atoms with Crippen LogP contribution in [0.15, 0.2) is 29.6 Å². The fraction of sp³-hybridized carbons (Fsp3) is 0.375. The fourth-order valence-electron chi connectivity index (χ4n) is 2.68. The molecule has 0 saturated carbocycles. The predicted molar refractivity (Wildman–Crippen MR) is 84.1 cm³/mol. The minimum atomic E-state index is -0.384. The molecule has 0 radical (unpaired) electrons. The van der Waals surface area contributed by atoms with Gasteiger partial charge in [-0.3, -0.25) is 9.59 Å². The van der Waals surface area contributed by atoms with E-state index in [-0.39, 0.29) is 17.9 Å². The molecule has 1 aliphatic heterocycles. The number of thiophene rings is 1. The van der Waals surface area contributed by atoms with E-state index in [1.807, 2.05) is 6.07 Å². The number of nitrogens with zero attached hydrogens (tertiary/aromatic N) is 1. The second-order valence-electron chi connectivity index (χ2n) is 5.38. The highest BCUT2D eigenvalue weighted by atomic mass is 32.1. The first-order valence-electron chi connectivity index (χ1n) is 7.18. The Hall–Kier alpha value is -1.88. The van der Waals surface area contributed by atoms with Gasteiger partial charge < -0.3 is 10.2 Å². The van der Waals surface area contributed by atoms with Crippen molar-refractivity contribution in [2.45, 2.75) is 32.4 Å². The van der Waals surface area contributed by atoms with Crippen molar-refractivity contribution in [3.05, 3.63) is 35.2 Å². The van der Waals surface area contributed by atoms with Crippen LogP contribution < -0.4 is 5.32 Å². The molecule has 5 heteroatoms. The maximum Gasteiger partial charge on any atom is 0.242 e. The number of likely N-dealkylation sites (tertiary alicyclic amines) is 1. The molecule has 2 heterocycles. The average molecular weight is 302 g/mol. The fourth-order valence-corrected chi connectivity index (χ4v) is 3.45. The first kappa shape index (κ1) is 14.1. The molecule has 3 rings (SSSR count). The number of carbonyl (C=O) groups excluding carboxylic acids is 2. The van der Waals surface area contributed by atoms with Gasteiger partial charge in [0.25, 0.3) is 0 Å². The zero-order valence-electron chi connectivity index (χ0n) is 12.0. The highest BCUT2D eigenvalue weighted by Gasteiger charge is 2.29. The summed E-state index contributed by atoms with van der Waals surface area (Å²) in [7, 11) is 0. The molecule has 21 heavy (non-hydrogen) atoms. The molecular formula is C16H18N2O2S. The highest BCUT2D eigenvalue weighted by molar-refractivity contribution is 7.17. The molecule has 0 aliphatic carbocycles. The van der Waals surface area contributed by atoms with Gasteiger partial charge >= 0.3 is 0 Å². The van der Waals surface area contributed by atoms with Crippen LogP contribution in [0, 0.1) is 0 Å². The third-order valence-electron chi connectivity index (χ3n) is 3.94. The molecule has 2 amide bonds. The second kappa shape index (κ2) is 5.85. The lowest BCUT2D eigenvalue weighted by molar-refractivity contribution is -0.136. The Labute approximate surface area is 127 Å². The Bertz CT molecular complexity index is 680. The lowest BCUT2D eigenvalue weighted by Gasteiger charge is -2.23. The molecular weight excluding hydrogens is 284 g/mol. The molecule has 1 aromatic heterocycles. The topological polar surface area (TPSA) is 49.4 Å². The SMILES string of the molecule is C[C@@H](C(=O)NCc1ccc2sccc2c1)N1CCCC1=O. The summed E-state index contributed by atoms with van der Waals surface area (Å²) in [5.74, 6) is -0.00647. The minimum absolute atomic E-state index is 0.0809. The van der Waals surface area contributed by atoms with Crippen LogP contribution in [0.5, 0.6) is 0 Å².